The van der Waals surface area contributed by atoms with Gasteiger partial charge in [-0.2, -0.15) is 11.6 Å². The number of ether oxygens (including phenoxy) is 1. The van der Waals surface area contributed by atoms with Crippen molar-refractivity contribution in [2.24, 2.45) is 11.8 Å². The smallest absolute Gasteiger partial charge is 0.496 e. The zero-order valence-electron chi connectivity index (χ0n) is 22.3. The number of rotatable bonds is 2. The molecule has 0 spiro atoms. The van der Waals surface area contributed by atoms with Gasteiger partial charge in [0.05, 0.1) is 7.11 Å². The maximum Gasteiger partial charge on any atom is 1.00 e. The number of hydrogen-bond donors (Lipinski definition) is 0. The van der Waals surface area contributed by atoms with Gasteiger partial charge < -0.3 is 4.74 Å². The molecule has 1 saturated carbocycles. The van der Waals surface area contributed by atoms with E-state index in [0.29, 0.717) is 0 Å². The Hall–Kier alpha value is -1.42. The number of benzene rings is 1. The van der Waals surface area contributed by atoms with Crippen molar-refractivity contribution >= 4 is 5.57 Å². The molecule has 2 bridgehead atoms. The summed E-state index contributed by atoms with van der Waals surface area (Å²) in [5, 5.41) is 0. The van der Waals surface area contributed by atoms with Crippen LogP contribution in [-0.2, 0) is 10.8 Å². The van der Waals surface area contributed by atoms with E-state index in [1.165, 1.54) is 64.7 Å². The topological polar surface area (TPSA) is 9.23 Å². The Kier molecular flexibility index (Phi) is 6.25. The van der Waals surface area contributed by atoms with Crippen molar-refractivity contribution in [1.29, 1.82) is 0 Å². The Bertz CT molecular complexity index is 1070. The van der Waals surface area contributed by atoms with Crippen LogP contribution in [0.25, 0.3) is 5.57 Å². The summed E-state index contributed by atoms with van der Waals surface area (Å²) in [6, 6.07) is 4.89. The summed E-state index contributed by atoms with van der Waals surface area (Å²) in [7, 11) is 1.83. The monoisotopic (exact) mass is 434 g/mol. The quantitative estimate of drug-likeness (QED) is 0.456. The molecule has 6 rings (SSSR count). The summed E-state index contributed by atoms with van der Waals surface area (Å²) in [4.78, 5) is 0. The van der Waals surface area contributed by atoms with E-state index in [4.69, 9.17) is 4.74 Å². The van der Waals surface area contributed by atoms with Gasteiger partial charge in [0.25, 0.3) is 0 Å². The molecule has 33 heavy (non-hydrogen) atoms. The van der Waals surface area contributed by atoms with Gasteiger partial charge in [-0.25, -0.2) is 0 Å². The Morgan fingerprint density at radius 3 is 1.94 bits per heavy atom. The Morgan fingerprint density at radius 1 is 0.879 bits per heavy atom. The molecule has 0 saturated heterocycles. The average Bonchev–Trinajstić information content (AvgIpc) is 3.10. The maximum absolute atomic E-state index is 6.07. The molecule has 1 aromatic rings. The molecule has 0 unspecified atom stereocenters. The van der Waals surface area contributed by atoms with Crippen LogP contribution in [0, 0.1) is 17.9 Å². The third-order valence-corrected chi connectivity index (χ3v) is 8.11. The van der Waals surface area contributed by atoms with Gasteiger partial charge in [0.15, 0.2) is 0 Å². The van der Waals surface area contributed by atoms with Gasteiger partial charge in [-0.3, -0.25) is 0 Å². The molecule has 1 fully saturated rings. The average molecular weight is 435 g/mol. The van der Waals surface area contributed by atoms with Crippen LogP contribution in [-0.4, -0.2) is 7.11 Å². The minimum atomic E-state index is 0. The van der Waals surface area contributed by atoms with Crippen molar-refractivity contribution in [2.75, 3.05) is 7.11 Å². The Labute approximate surface area is 213 Å². The van der Waals surface area contributed by atoms with Crippen LogP contribution in [0.4, 0.5) is 0 Å². The fourth-order valence-corrected chi connectivity index (χ4v) is 6.57. The molecule has 0 heterocycles. The molecule has 0 aromatic heterocycles. The summed E-state index contributed by atoms with van der Waals surface area (Å²) in [5.74, 6) is 2.57. The van der Waals surface area contributed by atoms with Crippen molar-refractivity contribution in [1.82, 2.24) is 0 Å². The summed E-state index contributed by atoms with van der Waals surface area (Å²) in [5.41, 5.74) is 13.1. The third kappa shape index (κ3) is 4.04. The van der Waals surface area contributed by atoms with Gasteiger partial charge in [0.2, 0.25) is 0 Å². The van der Waals surface area contributed by atoms with Gasteiger partial charge in [0.1, 0.15) is 5.75 Å². The van der Waals surface area contributed by atoms with E-state index < -0.39 is 0 Å². The van der Waals surface area contributed by atoms with Crippen LogP contribution in [0.2, 0.25) is 0 Å². The predicted octanol–water partition coefficient (Wildman–Crippen LogP) is 5.26. The second-order valence-corrected chi connectivity index (χ2v) is 12.5. The third-order valence-electron chi connectivity index (χ3n) is 8.11. The molecule has 1 nitrogen and oxygen atoms in total. The van der Waals surface area contributed by atoms with Gasteiger partial charge in [0, 0.05) is 0 Å². The van der Waals surface area contributed by atoms with Crippen LogP contribution >= 0.6 is 0 Å². The van der Waals surface area contributed by atoms with Crippen molar-refractivity contribution in [2.45, 2.75) is 91.4 Å². The SMILES string of the molecule is COc1c(C(C)(C)C)cc(C2=C3[C-]=C(C)C=C3CC3=C2C2CCC3CC2)cc1C(C)(C)C.[Li+]. The summed E-state index contributed by atoms with van der Waals surface area (Å²) >= 11 is 0. The second-order valence-electron chi connectivity index (χ2n) is 12.5. The van der Waals surface area contributed by atoms with E-state index in [1.54, 1.807) is 11.1 Å². The first-order chi connectivity index (χ1) is 15.0. The second kappa shape index (κ2) is 8.36. The van der Waals surface area contributed by atoms with Crippen molar-refractivity contribution in [3.63, 3.8) is 0 Å². The van der Waals surface area contributed by atoms with Gasteiger partial charge in [-0.15, -0.1) is 17.2 Å². The first kappa shape index (κ1) is 24.7. The molecule has 0 N–H and O–H groups in total. The van der Waals surface area contributed by atoms with E-state index in [9.17, 15) is 0 Å². The number of hydrogen-bond acceptors (Lipinski definition) is 1. The van der Waals surface area contributed by atoms with E-state index >= 15 is 0 Å². The number of fused-ring (bicyclic) bond motifs is 3. The van der Waals surface area contributed by atoms with Crippen LogP contribution in [0.5, 0.6) is 5.75 Å². The number of methoxy groups -OCH3 is 1. The van der Waals surface area contributed by atoms with Crippen LogP contribution in [0.1, 0.15) is 97.3 Å². The molecule has 2 heteroatoms. The van der Waals surface area contributed by atoms with E-state index in [1.807, 2.05) is 7.11 Å². The minimum absolute atomic E-state index is 0. The maximum atomic E-state index is 6.07. The molecular weight excluding hydrogens is 395 g/mol. The van der Waals surface area contributed by atoms with Crippen LogP contribution < -0.4 is 23.6 Å². The van der Waals surface area contributed by atoms with Crippen LogP contribution in [0.3, 0.4) is 0 Å². The molecule has 0 radical (unpaired) electrons. The predicted molar refractivity (Wildman–Crippen MR) is 135 cm³/mol. The van der Waals surface area contributed by atoms with Gasteiger partial charge >= 0.3 is 18.9 Å². The fourth-order valence-electron chi connectivity index (χ4n) is 6.57. The summed E-state index contributed by atoms with van der Waals surface area (Å²) in [6.45, 7) is 16.1. The van der Waals surface area contributed by atoms with Crippen LogP contribution in [0.15, 0.2) is 46.1 Å². The first-order valence-corrected chi connectivity index (χ1v) is 12.5. The minimum Gasteiger partial charge on any atom is -0.496 e. The van der Waals surface area contributed by atoms with Crippen molar-refractivity contribution in [3.05, 3.63) is 68.8 Å². The van der Waals surface area contributed by atoms with E-state index in [2.05, 4.69) is 72.8 Å². The molecule has 0 amide bonds. The fraction of sp³-hybridized carbons (Fsp3) is 0.548. The zero-order valence-corrected chi connectivity index (χ0v) is 22.3. The molecule has 170 valence electrons. The van der Waals surface area contributed by atoms with E-state index in [-0.39, 0.29) is 29.7 Å². The van der Waals surface area contributed by atoms with E-state index in [0.717, 1.165) is 24.0 Å². The largest absolute Gasteiger partial charge is 1.00 e. The molecule has 1 aromatic carbocycles. The zero-order chi connectivity index (χ0) is 23.0. The van der Waals surface area contributed by atoms with Gasteiger partial charge in [-0.1, -0.05) is 82.9 Å². The number of allylic oxidation sites excluding steroid dienone is 8. The normalized spacial score (nSPS) is 24.2. The molecular formula is C31H39LiO. The summed E-state index contributed by atoms with van der Waals surface area (Å²) in [6.07, 6.45) is 12.8. The molecule has 5 aliphatic rings. The first-order valence-electron chi connectivity index (χ1n) is 12.5. The van der Waals surface area contributed by atoms with Crippen molar-refractivity contribution in [3.8, 4) is 5.75 Å². The van der Waals surface area contributed by atoms with Gasteiger partial charge in [-0.05, 0) is 65.9 Å². The van der Waals surface area contributed by atoms with Crippen molar-refractivity contribution < 1.29 is 23.6 Å². The summed E-state index contributed by atoms with van der Waals surface area (Å²) < 4.78 is 6.07. The Morgan fingerprint density at radius 2 is 1.42 bits per heavy atom. The molecule has 5 aliphatic carbocycles. The molecule has 0 aliphatic heterocycles. The molecule has 0 atom stereocenters. The standard InChI is InChI=1S/C31H39O.Li/c1-18-13-21-15-24-19-9-11-20(12-10-19)27(24)28(23(21)14-18)22-16-25(30(2,3)4)29(32-8)26(17-22)31(5,6)7;/h13,16-17,19-20H,9-12,15H2,1-8H3;/q-1;+1. The Balaban J connectivity index is 0.00000259.